The molecule has 4 rings (SSSR count). The lowest BCUT2D eigenvalue weighted by molar-refractivity contribution is 0.0667. The number of aromatic nitrogens is 6. The highest BCUT2D eigenvalue weighted by molar-refractivity contribution is 7.91. The molecule has 0 radical (unpaired) electrons. The first kappa shape index (κ1) is 28.3. The van der Waals surface area contributed by atoms with Gasteiger partial charge in [-0.2, -0.15) is 0 Å². The van der Waals surface area contributed by atoms with E-state index in [9.17, 15) is 12.8 Å². The number of methoxy groups -OCH3 is 2. The van der Waals surface area contributed by atoms with Crippen LogP contribution in [0.5, 0.6) is 11.5 Å². The quantitative estimate of drug-likeness (QED) is 0.230. The number of hydrogen-bond acceptors (Lipinski definition) is 11. The SMILES string of the molecule is C=CCO[C@H](c1ncc(F)cn1)[C@H](C)S(=O)(=O)Cc1nnc(-c2nc(C)cs2)n1-c1c(OC)cccc1OC. The molecule has 4 aromatic rings. The summed E-state index contributed by atoms with van der Waals surface area (Å²) < 4.78 is 59.5. The van der Waals surface area contributed by atoms with Gasteiger partial charge in [0.25, 0.3) is 0 Å². The molecule has 0 fully saturated rings. The van der Waals surface area contributed by atoms with Gasteiger partial charge in [0.1, 0.15) is 29.0 Å². The van der Waals surface area contributed by atoms with E-state index < -0.39 is 32.8 Å². The average Bonchev–Trinajstić information content (AvgIpc) is 3.54. The van der Waals surface area contributed by atoms with Crippen LogP contribution >= 0.6 is 11.3 Å². The Morgan fingerprint density at radius 2 is 1.82 bits per heavy atom. The summed E-state index contributed by atoms with van der Waals surface area (Å²) >= 11 is 1.35. The Labute approximate surface area is 229 Å². The molecule has 0 saturated carbocycles. The van der Waals surface area contributed by atoms with Crippen molar-refractivity contribution in [2.24, 2.45) is 0 Å². The van der Waals surface area contributed by atoms with Crippen LogP contribution in [0, 0.1) is 12.7 Å². The molecule has 0 aliphatic rings. The lowest BCUT2D eigenvalue weighted by Crippen LogP contribution is -2.31. The molecule has 0 aliphatic carbocycles. The zero-order valence-corrected chi connectivity index (χ0v) is 23.4. The van der Waals surface area contributed by atoms with Crippen molar-refractivity contribution in [2.45, 2.75) is 31.0 Å². The first-order valence-electron chi connectivity index (χ1n) is 11.7. The predicted octanol–water partition coefficient (Wildman–Crippen LogP) is 3.89. The number of thiazole rings is 1. The maximum Gasteiger partial charge on any atom is 0.197 e. The van der Waals surface area contributed by atoms with Gasteiger partial charge in [-0.25, -0.2) is 27.8 Å². The molecule has 0 amide bonds. The maximum absolute atomic E-state index is 13.8. The van der Waals surface area contributed by atoms with Crippen molar-refractivity contribution >= 4 is 21.2 Å². The molecule has 0 unspecified atom stereocenters. The van der Waals surface area contributed by atoms with Gasteiger partial charge in [0, 0.05) is 11.1 Å². The van der Waals surface area contributed by atoms with Crippen LogP contribution in [0.15, 0.2) is 48.6 Å². The van der Waals surface area contributed by atoms with Gasteiger partial charge < -0.3 is 14.2 Å². The van der Waals surface area contributed by atoms with Crippen LogP contribution in [0.25, 0.3) is 16.5 Å². The molecule has 11 nitrogen and oxygen atoms in total. The highest BCUT2D eigenvalue weighted by Gasteiger charge is 2.36. The van der Waals surface area contributed by atoms with Crippen molar-refractivity contribution in [3.05, 3.63) is 71.8 Å². The van der Waals surface area contributed by atoms with Crippen molar-refractivity contribution in [2.75, 3.05) is 20.8 Å². The number of benzene rings is 1. The van der Waals surface area contributed by atoms with Gasteiger partial charge in [-0.1, -0.05) is 12.1 Å². The largest absolute Gasteiger partial charge is 0.494 e. The van der Waals surface area contributed by atoms with Crippen LogP contribution in [-0.4, -0.2) is 64.2 Å². The van der Waals surface area contributed by atoms with E-state index in [1.807, 2.05) is 12.3 Å². The molecule has 2 atom stereocenters. The Bertz CT molecular complexity index is 1530. The minimum Gasteiger partial charge on any atom is -0.494 e. The summed E-state index contributed by atoms with van der Waals surface area (Å²) in [5.74, 6) is 0.123. The lowest BCUT2D eigenvalue weighted by Gasteiger charge is -2.23. The van der Waals surface area contributed by atoms with Crippen molar-refractivity contribution < 1.29 is 27.0 Å². The minimum atomic E-state index is -3.99. The van der Waals surface area contributed by atoms with Crippen LogP contribution in [0.3, 0.4) is 0 Å². The standard InChI is InChI=1S/C25H27FN6O5S2/c1-6-10-37-22(23-27-11-17(26)12-28-23)16(3)39(33,34)14-20-30-31-24(25-29-15(2)13-38-25)32(20)21-18(35-4)8-7-9-19(21)36-5/h6-9,11-13,16,22H,1,10,14H2,2-5H3/t16-,22-/m0/s1. The Morgan fingerprint density at radius 1 is 1.15 bits per heavy atom. The molecule has 3 heterocycles. The fourth-order valence-electron chi connectivity index (χ4n) is 3.85. The predicted molar refractivity (Wildman–Crippen MR) is 143 cm³/mol. The van der Waals surface area contributed by atoms with Crippen LogP contribution in [0.2, 0.25) is 0 Å². The molecule has 0 spiro atoms. The maximum atomic E-state index is 13.8. The number of aryl methyl sites for hydroxylation is 1. The number of halogens is 1. The number of sulfone groups is 1. The molecule has 1 aromatic carbocycles. The van der Waals surface area contributed by atoms with E-state index in [4.69, 9.17) is 14.2 Å². The molecule has 0 bridgehead atoms. The zero-order chi connectivity index (χ0) is 28.2. The molecule has 14 heteroatoms. The second-order valence-corrected chi connectivity index (χ2v) is 11.6. The van der Waals surface area contributed by atoms with Gasteiger partial charge in [0.15, 0.2) is 38.1 Å². The highest BCUT2D eigenvalue weighted by Crippen LogP contribution is 2.37. The van der Waals surface area contributed by atoms with Crippen LogP contribution in [-0.2, 0) is 20.3 Å². The minimum absolute atomic E-state index is 0.0288. The Morgan fingerprint density at radius 3 is 2.38 bits per heavy atom. The summed E-state index contributed by atoms with van der Waals surface area (Å²) in [6, 6.07) is 5.20. The number of ether oxygens (including phenoxy) is 3. The molecule has 0 saturated heterocycles. The van der Waals surface area contributed by atoms with Crippen molar-refractivity contribution in [1.82, 2.24) is 29.7 Å². The fraction of sp³-hybridized carbons (Fsp3) is 0.320. The van der Waals surface area contributed by atoms with E-state index in [-0.39, 0.29) is 18.3 Å². The summed E-state index contributed by atoms with van der Waals surface area (Å²) in [6.07, 6.45) is 2.30. The summed E-state index contributed by atoms with van der Waals surface area (Å²) in [4.78, 5) is 12.4. The number of para-hydroxylation sites is 1. The second-order valence-electron chi connectivity index (χ2n) is 8.39. The van der Waals surface area contributed by atoms with E-state index in [0.717, 1.165) is 18.1 Å². The third-order valence-electron chi connectivity index (χ3n) is 5.78. The van der Waals surface area contributed by atoms with Crippen molar-refractivity contribution in [3.63, 3.8) is 0 Å². The lowest BCUT2D eigenvalue weighted by atomic mass is 10.2. The third-order valence-corrected chi connectivity index (χ3v) is 8.77. The first-order chi connectivity index (χ1) is 18.7. The van der Waals surface area contributed by atoms with Gasteiger partial charge in [-0.05, 0) is 26.0 Å². The third kappa shape index (κ3) is 5.97. The summed E-state index contributed by atoms with van der Waals surface area (Å²) in [5.41, 5.74) is 1.20. The highest BCUT2D eigenvalue weighted by atomic mass is 32.2. The van der Waals surface area contributed by atoms with Gasteiger partial charge in [-0.15, -0.1) is 28.1 Å². The first-order valence-corrected chi connectivity index (χ1v) is 14.3. The molecular formula is C25H27FN6O5S2. The molecule has 3 aromatic heterocycles. The van der Waals surface area contributed by atoms with Crippen LogP contribution in [0.4, 0.5) is 4.39 Å². The van der Waals surface area contributed by atoms with Gasteiger partial charge in [-0.3, -0.25) is 4.57 Å². The Hall–Kier alpha value is -3.75. The molecule has 0 N–H and O–H groups in total. The summed E-state index contributed by atoms with van der Waals surface area (Å²) in [5, 5.41) is 9.82. The average molecular weight is 575 g/mol. The molecule has 206 valence electrons. The molecule has 0 aliphatic heterocycles. The number of nitrogens with zero attached hydrogens (tertiary/aromatic N) is 6. The van der Waals surface area contributed by atoms with Crippen LogP contribution in [0.1, 0.15) is 30.4 Å². The zero-order valence-electron chi connectivity index (χ0n) is 21.7. The Balaban J connectivity index is 1.82. The molecular weight excluding hydrogens is 547 g/mol. The van der Waals surface area contributed by atoms with Crippen molar-refractivity contribution in [3.8, 4) is 28.0 Å². The summed E-state index contributed by atoms with van der Waals surface area (Å²) in [7, 11) is -0.992. The second kappa shape index (κ2) is 12.0. The topological polar surface area (TPSA) is 131 Å². The van der Waals surface area contributed by atoms with E-state index in [1.165, 1.54) is 38.6 Å². The van der Waals surface area contributed by atoms with Crippen molar-refractivity contribution in [1.29, 1.82) is 0 Å². The van der Waals surface area contributed by atoms with E-state index in [2.05, 4.69) is 31.7 Å². The van der Waals surface area contributed by atoms with Gasteiger partial charge >= 0.3 is 0 Å². The van der Waals surface area contributed by atoms with Gasteiger partial charge in [0.05, 0.1) is 38.5 Å². The number of hydrogen-bond donors (Lipinski definition) is 0. The summed E-state index contributed by atoms with van der Waals surface area (Å²) in [6.45, 7) is 6.97. The van der Waals surface area contributed by atoms with E-state index in [0.29, 0.717) is 28.0 Å². The van der Waals surface area contributed by atoms with E-state index in [1.54, 1.807) is 22.8 Å². The van der Waals surface area contributed by atoms with Gasteiger partial charge in [0.2, 0.25) is 0 Å². The van der Waals surface area contributed by atoms with E-state index >= 15 is 0 Å². The fourth-order valence-corrected chi connectivity index (χ4v) is 6.01. The Kier molecular flexibility index (Phi) is 8.67. The normalized spacial score (nSPS) is 13.2. The monoisotopic (exact) mass is 574 g/mol. The molecule has 39 heavy (non-hydrogen) atoms. The van der Waals surface area contributed by atoms with Crippen LogP contribution < -0.4 is 9.47 Å². The smallest absolute Gasteiger partial charge is 0.197 e. The number of rotatable bonds is 12.